The van der Waals surface area contributed by atoms with Crippen molar-refractivity contribution in [2.24, 2.45) is 5.90 Å². The molecule has 33 heavy (non-hydrogen) atoms. The second kappa shape index (κ2) is 12.1. The molecule has 6 nitrogen and oxygen atoms in total. The summed E-state index contributed by atoms with van der Waals surface area (Å²) in [6, 6.07) is 27.2. The second-order valence-corrected chi connectivity index (χ2v) is 8.61. The molecule has 1 atom stereocenters. The van der Waals surface area contributed by atoms with Gasteiger partial charge in [0.1, 0.15) is 12.4 Å². The molecule has 3 aromatic rings. The third kappa shape index (κ3) is 6.77. The molecule has 3 N–H and O–H groups in total. The van der Waals surface area contributed by atoms with Gasteiger partial charge in [-0.25, -0.2) is 4.94 Å². The van der Waals surface area contributed by atoms with Crippen LogP contribution in [0.4, 0.5) is 0 Å². The number of rotatable bonds is 10. The molecule has 0 aromatic heterocycles. The number of piperazine rings is 1. The molecule has 0 unspecified atom stereocenters. The van der Waals surface area contributed by atoms with E-state index in [4.69, 9.17) is 22.2 Å². The zero-order valence-corrected chi connectivity index (χ0v) is 19.5. The van der Waals surface area contributed by atoms with Crippen molar-refractivity contribution >= 4 is 11.6 Å². The lowest BCUT2D eigenvalue weighted by atomic mass is 9.96. The summed E-state index contributed by atoms with van der Waals surface area (Å²) in [7, 11) is 0. The van der Waals surface area contributed by atoms with Gasteiger partial charge in [-0.05, 0) is 41.0 Å². The largest absolute Gasteiger partial charge is 0.492 e. The molecule has 0 bridgehead atoms. The Morgan fingerprint density at radius 1 is 0.848 bits per heavy atom. The summed E-state index contributed by atoms with van der Waals surface area (Å²) >= 11 is 6.14. The Kier molecular flexibility index (Phi) is 8.72. The predicted molar refractivity (Wildman–Crippen MR) is 132 cm³/mol. The molecule has 0 radical (unpaired) electrons. The number of benzene rings is 3. The highest BCUT2D eigenvalue weighted by Gasteiger charge is 2.26. The van der Waals surface area contributed by atoms with Crippen LogP contribution in [0, 0.1) is 0 Å². The third-order valence-corrected chi connectivity index (χ3v) is 6.28. The van der Waals surface area contributed by atoms with E-state index in [0.717, 1.165) is 49.1 Å². The summed E-state index contributed by atoms with van der Waals surface area (Å²) in [5, 5.41) is 0.770. The summed E-state index contributed by atoms with van der Waals surface area (Å²) in [6.07, 6.45) is 0. The van der Waals surface area contributed by atoms with Gasteiger partial charge < -0.3 is 4.74 Å². The molecule has 0 spiro atoms. The summed E-state index contributed by atoms with van der Waals surface area (Å²) in [6.45, 7) is 6.19. The summed E-state index contributed by atoms with van der Waals surface area (Å²) in [5.41, 5.74) is 6.30. The van der Waals surface area contributed by atoms with Crippen LogP contribution in [0.15, 0.2) is 78.9 Å². The minimum absolute atomic E-state index is 0.236. The van der Waals surface area contributed by atoms with Gasteiger partial charge in [-0.1, -0.05) is 66.2 Å². The quantitative estimate of drug-likeness (QED) is 0.440. The fourth-order valence-corrected chi connectivity index (χ4v) is 4.39. The molecule has 1 fully saturated rings. The highest BCUT2D eigenvalue weighted by molar-refractivity contribution is 6.30. The van der Waals surface area contributed by atoms with E-state index in [2.05, 4.69) is 62.7 Å². The van der Waals surface area contributed by atoms with Gasteiger partial charge in [0.05, 0.1) is 6.04 Å². The van der Waals surface area contributed by atoms with Gasteiger partial charge in [-0.2, -0.15) is 11.4 Å². The SMILES string of the molecule is NONCc1ccc(OCCN2CCN([C@H](c3ccccc3)c3ccc(Cl)cc3)CC2)cc1. The minimum Gasteiger partial charge on any atom is -0.492 e. The number of hydrogen-bond donors (Lipinski definition) is 2. The first-order chi connectivity index (χ1) is 16.2. The Bertz CT molecular complexity index is 962. The molecular formula is C26H31ClN4O2. The molecule has 0 aliphatic carbocycles. The zero-order chi connectivity index (χ0) is 22.9. The Labute approximate surface area is 200 Å². The standard InChI is InChI=1S/C26H31ClN4O2/c27-24-10-8-23(9-11-24)26(22-4-2-1-3-5-22)31-16-14-30(15-17-31)18-19-32-25-12-6-21(7-13-25)20-29-33-28/h1-13,26,29H,14-20,28H2/t26-/m1/s1. The maximum Gasteiger partial charge on any atom is 0.119 e. The first kappa shape index (κ1) is 23.7. The molecule has 7 heteroatoms. The van der Waals surface area contributed by atoms with E-state index in [1.165, 1.54) is 11.1 Å². The van der Waals surface area contributed by atoms with Crippen LogP contribution >= 0.6 is 11.6 Å². The topological polar surface area (TPSA) is 63.0 Å². The smallest absolute Gasteiger partial charge is 0.119 e. The number of nitrogens with zero attached hydrogens (tertiary/aromatic N) is 2. The lowest BCUT2D eigenvalue weighted by Crippen LogP contribution is -2.48. The van der Waals surface area contributed by atoms with Crippen molar-refractivity contribution in [2.75, 3.05) is 39.3 Å². The highest BCUT2D eigenvalue weighted by Crippen LogP contribution is 2.30. The van der Waals surface area contributed by atoms with Gasteiger partial charge in [0.25, 0.3) is 0 Å². The monoisotopic (exact) mass is 466 g/mol. The lowest BCUT2D eigenvalue weighted by Gasteiger charge is -2.39. The maximum absolute atomic E-state index is 6.14. The lowest BCUT2D eigenvalue weighted by molar-refractivity contribution is 0.0362. The van der Waals surface area contributed by atoms with E-state index in [-0.39, 0.29) is 6.04 Å². The predicted octanol–water partition coefficient (Wildman–Crippen LogP) is 4.02. The maximum atomic E-state index is 6.14. The van der Waals surface area contributed by atoms with Crippen LogP contribution in [0.25, 0.3) is 0 Å². The van der Waals surface area contributed by atoms with E-state index >= 15 is 0 Å². The number of hydroxylamine groups is 1. The van der Waals surface area contributed by atoms with Crippen molar-refractivity contribution in [3.8, 4) is 5.75 Å². The first-order valence-electron chi connectivity index (χ1n) is 11.3. The molecular weight excluding hydrogens is 436 g/mol. The van der Waals surface area contributed by atoms with Crippen molar-refractivity contribution in [1.82, 2.24) is 15.3 Å². The average Bonchev–Trinajstić information content (AvgIpc) is 2.86. The molecule has 1 aliphatic rings. The number of ether oxygens (including phenoxy) is 1. The molecule has 1 heterocycles. The molecule has 3 aromatic carbocycles. The van der Waals surface area contributed by atoms with E-state index in [1.54, 1.807) is 0 Å². The van der Waals surface area contributed by atoms with Gasteiger partial charge in [-0.15, -0.1) is 0 Å². The fourth-order valence-electron chi connectivity index (χ4n) is 4.26. The average molecular weight is 467 g/mol. The van der Waals surface area contributed by atoms with Crippen LogP contribution in [0.5, 0.6) is 5.75 Å². The molecule has 4 rings (SSSR count). The van der Waals surface area contributed by atoms with E-state index < -0.39 is 0 Å². The van der Waals surface area contributed by atoms with E-state index in [0.29, 0.717) is 13.2 Å². The van der Waals surface area contributed by atoms with Gasteiger partial charge in [0, 0.05) is 44.3 Å². The van der Waals surface area contributed by atoms with Crippen LogP contribution in [0.2, 0.25) is 5.02 Å². The van der Waals surface area contributed by atoms with Gasteiger partial charge in [0.15, 0.2) is 0 Å². The summed E-state index contributed by atoms with van der Waals surface area (Å²) in [5.74, 6) is 5.86. The molecule has 1 saturated heterocycles. The first-order valence-corrected chi connectivity index (χ1v) is 11.7. The van der Waals surface area contributed by atoms with Crippen LogP contribution in [0.3, 0.4) is 0 Å². The Morgan fingerprint density at radius 3 is 2.18 bits per heavy atom. The molecule has 0 amide bonds. The third-order valence-electron chi connectivity index (χ3n) is 6.03. The molecule has 1 aliphatic heterocycles. The zero-order valence-electron chi connectivity index (χ0n) is 18.7. The van der Waals surface area contributed by atoms with Crippen LogP contribution in [0.1, 0.15) is 22.7 Å². The normalized spacial score (nSPS) is 15.9. The number of halogens is 1. The fraction of sp³-hybridized carbons (Fsp3) is 0.308. The Balaban J connectivity index is 1.29. The molecule has 174 valence electrons. The van der Waals surface area contributed by atoms with Crippen molar-refractivity contribution in [2.45, 2.75) is 12.6 Å². The van der Waals surface area contributed by atoms with Gasteiger partial charge in [0.2, 0.25) is 0 Å². The summed E-state index contributed by atoms with van der Waals surface area (Å²) in [4.78, 5) is 9.42. The number of nitrogens with one attached hydrogen (secondary N) is 1. The second-order valence-electron chi connectivity index (χ2n) is 8.17. The minimum atomic E-state index is 0.236. The van der Waals surface area contributed by atoms with Crippen LogP contribution < -0.4 is 16.1 Å². The highest BCUT2D eigenvalue weighted by atomic mass is 35.5. The molecule has 0 saturated carbocycles. The Morgan fingerprint density at radius 2 is 1.52 bits per heavy atom. The van der Waals surface area contributed by atoms with Crippen molar-refractivity contribution in [1.29, 1.82) is 0 Å². The van der Waals surface area contributed by atoms with E-state index in [1.807, 2.05) is 36.4 Å². The van der Waals surface area contributed by atoms with E-state index in [9.17, 15) is 0 Å². The van der Waals surface area contributed by atoms with Gasteiger partial charge >= 0.3 is 0 Å². The summed E-state index contributed by atoms with van der Waals surface area (Å²) < 4.78 is 5.95. The number of nitrogens with two attached hydrogens (primary N) is 1. The Hall–Kier alpha value is -2.45. The van der Waals surface area contributed by atoms with Crippen molar-refractivity contribution < 1.29 is 9.68 Å². The van der Waals surface area contributed by atoms with Crippen molar-refractivity contribution in [3.63, 3.8) is 0 Å². The van der Waals surface area contributed by atoms with Crippen molar-refractivity contribution in [3.05, 3.63) is 101 Å². The number of hydrogen-bond acceptors (Lipinski definition) is 6. The van der Waals surface area contributed by atoms with Gasteiger partial charge in [-0.3, -0.25) is 9.80 Å². The van der Waals surface area contributed by atoms with Crippen LogP contribution in [-0.4, -0.2) is 49.1 Å². The van der Waals surface area contributed by atoms with Crippen LogP contribution in [-0.2, 0) is 11.5 Å².